The van der Waals surface area contributed by atoms with Gasteiger partial charge in [-0.2, -0.15) is 0 Å². The quantitative estimate of drug-likeness (QED) is 0.658. The molecule has 0 aliphatic rings. The van der Waals surface area contributed by atoms with E-state index in [1.54, 1.807) is 6.92 Å². The molecule has 6 heteroatoms. The Morgan fingerprint density at radius 3 is 2.58 bits per heavy atom. The van der Waals surface area contributed by atoms with Crippen LogP contribution in [0.1, 0.15) is 6.92 Å². The lowest BCUT2D eigenvalue weighted by Crippen LogP contribution is -2.25. The number of rotatable bonds is 3. The zero-order valence-electron chi connectivity index (χ0n) is 6.36. The predicted octanol–water partition coefficient (Wildman–Crippen LogP) is 3.17. The number of alkyl carbamates (subject to hydrolysis) is 1. The summed E-state index contributed by atoms with van der Waals surface area (Å²) in [4.78, 5) is 10.8. The van der Waals surface area contributed by atoms with Gasteiger partial charge < -0.3 is 10.1 Å². The van der Waals surface area contributed by atoms with Crippen LogP contribution in [0.4, 0.5) is 4.79 Å². The fourth-order valence-electron chi connectivity index (χ4n) is 0.399. The molecule has 1 amide bonds. The number of ether oxygens (including phenoxy) is 1. The molecule has 0 heterocycles. The standard InChI is InChI=1S/C6H8BrI2NO2/c1-2-12-6(11)10-3-4(8)5(7)9/h2-3H2,1H3,(H,10,11)/b5-4+. The van der Waals surface area contributed by atoms with Gasteiger partial charge in [-0.15, -0.1) is 0 Å². The van der Waals surface area contributed by atoms with Crippen molar-refractivity contribution in [2.75, 3.05) is 13.2 Å². The maximum absolute atomic E-state index is 10.8. The van der Waals surface area contributed by atoms with Gasteiger partial charge in [-0.25, -0.2) is 4.79 Å². The van der Waals surface area contributed by atoms with Gasteiger partial charge in [0.1, 0.15) is 0 Å². The molecule has 3 nitrogen and oxygen atoms in total. The van der Waals surface area contributed by atoms with Crippen molar-refractivity contribution < 1.29 is 9.53 Å². The van der Waals surface area contributed by atoms with Crippen molar-refractivity contribution in [3.05, 3.63) is 6.07 Å². The molecule has 0 radical (unpaired) electrons. The molecular weight excluding hydrogens is 452 g/mol. The Kier molecular flexibility index (Phi) is 7.95. The molecule has 0 atom stereocenters. The monoisotopic (exact) mass is 459 g/mol. The van der Waals surface area contributed by atoms with Crippen molar-refractivity contribution in [2.24, 2.45) is 0 Å². The first-order valence-corrected chi connectivity index (χ1v) is 6.13. The molecule has 0 fully saturated rings. The summed E-state index contributed by atoms with van der Waals surface area (Å²) >= 11 is 7.58. The number of nitrogens with one attached hydrogen (secondary N) is 1. The molecular formula is C6H8BrI2NO2. The van der Waals surface area contributed by atoms with Gasteiger partial charge in [0.25, 0.3) is 0 Å². The Balaban J connectivity index is 3.69. The minimum absolute atomic E-state index is 0.378. The molecule has 0 unspecified atom stereocenters. The van der Waals surface area contributed by atoms with Crippen LogP contribution in [-0.4, -0.2) is 19.2 Å². The van der Waals surface area contributed by atoms with Gasteiger partial charge in [-0.05, 0) is 68.0 Å². The minimum atomic E-state index is -0.378. The number of halogens is 3. The van der Waals surface area contributed by atoms with E-state index in [-0.39, 0.29) is 6.09 Å². The van der Waals surface area contributed by atoms with E-state index in [1.165, 1.54) is 0 Å². The van der Waals surface area contributed by atoms with Crippen LogP contribution >= 0.6 is 61.1 Å². The molecule has 0 bridgehead atoms. The predicted molar refractivity (Wildman–Crippen MR) is 69.0 cm³/mol. The van der Waals surface area contributed by atoms with E-state index in [0.717, 1.165) is 6.07 Å². The number of hydrogen-bond acceptors (Lipinski definition) is 2. The number of carbonyl (C=O) groups excluding carboxylic acids is 1. The number of hydrogen-bond donors (Lipinski definition) is 1. The van der Waals surface area contributed by atoms with Crippen LogP contribution in [0.5, 0.6) is 0 Å². The van der Waals surface area contributed by atoms with E-state index < -0.39 is 0 Å². The fourth-order valence-corrected chi connectivity index (χ4v) is 0.920. The summed E-state index contributed by atoms with van der Waals surface area (Å²) in [6.45, 7) is 2.68. The summed E-state index contributed by atoms with van der Waals surface area (Å²) in [5.41, 5.74) is 0. The van der Waals surface area contributed by atoms with Gasteiger partial charge in [0.15, 0.2) is 0 Å². The molecule has 0 aromatic carbocycles. The lowest BCUT2D eigenvalue weighted by molar-refractivity contribution is 0.153. The molecule has 0 spiro atoms. The van der Waals surface area contributed by atoms with Crippen molar-refractivity contribution in [3.63, 3.8) is 0 Å². The Hall–Kier alpha value is 0.950. The normalized spacial score (nSPS) is 12.0. The highest BCUT2D eigenvalue weighted by Crippen LogP contribution is 2.23. The Morgan fingerprint density at radius 1 is 1.58 bits per heavy atom. The number of amides is 1. The van der Waals surface area contributed by atoms with E-state index in [4.69, 9.17) is 0 Å². The summed E-state index contributed by atoms with van der Waals surface area (Å²) < 4.78 is 6.72. The van der Waals surface area contributed by atoms with Crippen molar-refractivity contribution in [2.45, 2.75) is 6.92 Å². The zero-order valence-corrected chi connectivity index (χ0v) is 12.3. The third kappa shape index (κ3) is 6.46. The molecule has 0 aromatic heterocycles. The summed E-state index contributed by atoms with van der Waals surface area (Å²) in [6.07, 6.45) is -0.378. The molecule has 0 saturated heterocycles. The van der Waals surface area contributed by atoms with E-state index in [2.05, 4.69) is 71.2 Å². The van der Waals surface area contributed by atoms with Crippen molar-refractivity contribution >= 4 is 67.2 Å². The average molecular weight is 460 g/mol. The molecule has 70 valence electrons. The van der Waals surface area contributed by atoms with Crippen LogP contribution in [0.2, 0.25) is 0 Å². The average Bonchev–Trinajstić information content (AvgIpc) is 2.00. The second-order valence-corrected chi connectivity index (χ2v) is 6.40. The van der Waals surface area contributed by atoms with Gasteiger partial charge in [-0.1, -0.05) is 0 Å². The van der Waals surface area contributed by atoms with Gasteiger partial charge in [0.2, 0.25) is 0 Å². The van der Waals surface area contributed by atoms with Crippen LogP contribution < -0.4 is 5.32 Å². The molecule has 12 heavy (non-hydrogen) atoms. The summed E-state index contributed by atoms with van der Waals surface area (Å²) in [7, 11) is 0. The Morgan fingerprint density at radius 2 is 2.17 bits per heavy atom. The molecule has 0 saturated carbocycles. The second-order valence-electron chi connectivity index (χ2n) is 1.74. The third-order valence-corrected chi connectivity index (χ3v) is 4.69. The zero-order chi connectivity index (χ0) is 9.56. The lowest BCUT2D eigenvalue weighted by atomic mass is 10.6. The van der Waals surface area contributed by atoms with E-state index >= 15 is 0 Å². The van der Waals surface area contributed by atoms with Gasteiger partial charge in [-0.3, -0.25) is 0 Å². The number of carbonyl (C=O) groups is 1. The SMILES string of the molecule is CCOC(=O)NC/C(I)=C(/Br)I. The Bertz CT molecular complexity index is 192. The van der Waals surface area contributed by atoms with E-state index in [0.29, 0.717) is 13.2 Å². The minimum Gasteiger partial charge on any atom is -0.450 e. The van der Waals surface area contributed by atoms with Gasteiger partial charge in [0.05, 0.1) is 15.6 Å². The van der Waals surface area contributed by atoms with E-state index in [9.17, 15) is 4.79 Å². The summed E-state index contributed by atoms with van der Waals surface area (Å²) in [5.74, 6) is 0. The maximum Gasteiger partial charge on any atom is 0.407 e. The second kappa shape index (κ2) is 7.36. The van der Waals surface area contributed by atoms with Crippen molar-refractivity contribution in [1.29, 1.82) is 0 Å². The molecule has 0 rings (SSSR count). The first-order valence-electron chi connectivity index (χ1n) is 3.18. The fraction of sp³-hybridized carbons (Fsp3) is 0.500. The first-order chi connectivity index (χ1) is 5.57. The Labute approximate surface area is 107 Å². The molecule has 0 aromatic rings. The van der Waals surface area contributed by atoms with Crippen LogP contribution in [-0.2, 0) is 4.74 Å². The molecule has 0 aliphatic carbocycles. The summed E-state index contributed by atoms with van der Waals surface area (Å²) in [5, 5.41) is 2.60. The van der Waals surface area contributed by atoms with Crippen molar-refractivity contribution in [3.8, 4) is 0 Å². The topological polar surface area (TPSA) is 38.3 Å². The highest BCUT2D eigenvalue weighted by atomic mass is 127. The van der Waals surface area contributed by atoms with Crippen LogP contribution in [0.15, 0.2) is 6.07 Å². The van der Waals surface area contributed by atoms with Crippen LogP contribution in [0.3, 0.4) is 0 Å². The summed E-state index contributed by atoms with van der Waals surface area (Å²) in [6, 6.07) is 0. The highest BCUT2D eigenvalue weighted by molar-refractivity contribution is 14.1. The van der Waals surface area contributed by atoms with E-state index in [1.807, 2.05) is 0 Å². The molecule has 0 aliphatic heterocycles. The smallest absolute Gasteiger partial charge is 0.407 e. The van der Waals surface area contributed by atoms with Crippen LogP contribution in [0.25, 0.3) is 0 Å². The third-order valence-electron chi connectivity index (χ3n) is 0.868. The van der Waals surface area contributed by atoms with Crippen molar-refractivity contribution in [1.82, 2.24) is 5.32 Å². The highest BCUT2D eigenvalue weighted by Gasteiger charge is 2.01. The van der Waals surface area contributed by atoms with Gasteiger partial charge in [0, 0.05) is 3.58 Å². The lowest BCUT2D eigenvalue weighted by Gasteiger charge is -2.04. The van der Waals surface area contributed by atoms with Crippen LogP contribution in [0, 0.1) is 0 Å². The largest absolute Gasteiger partial charge is 0.450 e. The maximum atomic E-state index is 10.8. The first kappa shape index (κ1) is 12.9. The molecule has 1 N–H and O–H groups in total. The van der Waals surface area contributed by atoms with Gasteiger partial charge >= 0.3 is 6.09 Å².